The first kappa shape index (κ1) is 14.7. The van der Waals surface area contributed by atoms with Crippen LogP contribution in [0, 0.1) is 5.92 Å². The lowest BCUT2D eigenvalue weighted by Crippen LogP contribution is -2.48. The van der Waals surface area contributed by atoms with Crippen LogP contribution in [0.5, 0.6) is 0 Å². The number of H-pyrrole nitrogens is 1. The summed E-state index contributed by atoms with van der Waals surface area (Å²) in [5, 5.41) is 0.985. The fourth-order valence-corrected chi connectivity index (χ4v) is 3.80. The van der Waals surface area contributed by atoms with Crippen molar-refractivity contribution < 1.29 is 14.3 Å². The fourth-order valence-electron chi connectivity index (χ4n) is 3.80. The molecule has 4 rings (SSSR count). The number of rotatable bonds is 2. The number of nitrogens with one attached hydrogen (secondary N) is 1. The first-order chi connectivity index (χ1) is 11.2. The Morgan fingerprint density at radius 3 is 2.96 bits per heavy atom. The van der Waals surface area contributed by atoms with Gasteiger partial charge >= 0.3 is 0 Å². The smallest absolute Gasteiger partial charge is 0.254 e. The molecular formula is C18H22N2O3. The van der Waals surface area contributed by atoms with Gasteiger partial charge in [0.1, 0.15) is 0 Å². The van der Waals surface area contributed by atoms with Crippen molar-refractivity contribution in [2.75, 3.05) is 26.3 Å². The highest BCUT2D eigenvalue weighted by Crippen LogP contribution is 2.34. The number of aromatic amines is 1. The minimum absolute atomic E-state index is 0.0986. The Morgan fingerprint density at radius 2 is 2.13 bits per heavy atom. The van der Waals surface area contributed by atoms with Crippen molar-refractivity contribution in [2.45, 2.75) is 25.6 Å². The molecule has 1 N–H and O–H groups in total. The number of likely N-dealkylation sites (tertiary alicyclic amines) is 1. The van der Waals surface area contributed by atoms with Gasteiger partial charge in [0.2, 0.25) is 0 Å². The molecule has 5 nitrogen and oxygen atoms in total. The molecule has 1 amide bonds. The monoisotopic (exact) mass is 314 g/mol. The maximum Gasteiger partial charge on any atom is 0.254 e. The van der Waals surface area contributed by atoms with Gasteiger partial charge in [-0.1, -0.05) is 6.07 Å². The second-order valence-corrected chi connectivity index (χ2v) is 6.55. The highest BCUT2D eigenvalue weighted by molar-refractivity contribution is 6.06. The van der Waals surface area contributed by atoms with Gasteiger partial charge in [-0.05, 0) is 38.0 Å². The summed E-state index contributed by atoms with van der Waals surface area (Å²) in [6.45, 7) is 4.78. The molecule has 1 aromatic heterocycles. The molecule has 2 aliphatic heterocycles. The molecule has 2 saturated heterocycles. The van der Waals surface area contributed by atoms with E-state index < -0.39 is 5.79 Å². The topological polar surface area (TPSA) is 54.6 Å². The largest absolute Gasteiger partial charge is 0.361 e. The number of benzene rings is 1. The second kappa shape index (κ2) is 5.65. The van der Waals surface area contributed by atoms with E-state index in [1.54, 1.807) is 0 Å². The number of piperidine rings is 1. The Hall–Kier alpha value is -1.85. The first-order valence-corrected chi connectivity index (χ1v) is 8.31. The summed E-state index contributed by atoms with van der Waals surface area (Å²) in [7, 11) is 0. The molecule has 1 atom stereocenters. The molecule has 1 aromatic carbocycles. The molecule has 2 aliphatic rings. The molecule has 0 spiro atoms. The van der Waals surface area contributed by atoms with Crippen LogP contribution in [0.2, 0.25) is 0 Å². The van der Waals surface area contributed by atoms with Gasteiger partial charge in [0.05, 0.1) is 13.2 Å². The van der Waals surface area contributed by atoms with Gasteiger partial charge in [-0.15, -0.1) is 0 Å². The molecule has 5 heteroatoms. The Labute approximate surface area is 135 Å². The van der Waals surface area contributed by atoms with E-state index in [9.17, 15) is 4.79 Å². The summed E-state index contributed by atoms with van der Waals surface area (Å²) >= 11 is 0. The molecule has 23 heavy (non-hydrogen) atoms. The lowest BCUT2D eigenvalue weighted by Gasteiger charge is -2.40. The van der Waals surface area contributed by atoms with E-state index in [-0.39, 0.29) is 11.8 Å². The number of amides is 1. The summed E-state index contributed by atoms with van der Waals surface area (Å²) in [5.74, 6) is -0.214. The van der Waals surface area contributed by atoms with Crippen molar-refractivity contribution in [1.82, 2.24) is 9.88 Å². The standard InChI is InChI=1S/C18H22N2O3/c1-18(22-10-11-23-18)13-4-3-9-20(12-13)17(21)15-5-2-6-16-14(15)7-8-19-16/h2,5-8,13,19H,3-4,9-12H2,1H3/t13-/m1/s1. The van der Waals surface area contributed by atoms with E-state index in [4.69, 9.17) is 9.47 Å². The SMILES string of the molecule is CC1([C@@H]2CCCN(C(=O)c3cccc4[nH]ccc34)C2)OCCO1. The number of carbonyl (C=O) groups is 1. The van der Waals surface area contributed by atoms with Crippen LogP contribution in [0.15, 0.2) is 30.5 Å². The lowest BCUT2D eigenvalue weighted by atomic mass is 9.90. The molecule has 3 heterocycles. The third kappa shape index (κ3) is 2.54. The van der Waals surface area contributed by atoms with Crippen molar-refractivity contribution in [3.05, 3.63) is 36.0 Å². The van der Waals surface area contributed by atoms with Crippen LogP contribution < -0.4 is 0 Å². The quantitative estimate of drug-likeness (QED) is 0.927. The number of hydrogen-bond donors (Lipinski definition) is 1. The molecule has 0 aliphatic carbocycles. The number of fused-ring (bicyclic) bond motifs is 1. The summed E-state index contributed by atoms with van der Waals surface area (Å²) in [6.07, 6.45) is 3.90. The first-order valence-electron chi connectivity index (χ1n) is 8.31. The third-order valence-corrected chi connectivity index (χ3v) is 5.14. The van der Waals surface area contributed by atoms with Gasteiger partial charge in [0.15, 0.2) is 5.79 Å². The number of hydrogen-bond acceptors (Lipinski definition) is 3. The zero-order chi connectivity index (χ0) is 15.9. The average molecular weight is 314 g/mol. The average Bonchev–Trinajstić information content (AvgIpc) is 3.23. The zero-order valence-electron chi connectivity index (χ0n) is 13.4. The van der Waals surface area contributed by atoms with Gasteiger partial charge in [-0.25, -0.2) is 0 Å². The van der Waals surface area contributed by atoms with Crippen molar-refractivity contribution in [2.24, 2.45) is 5.92 Å². The minimum Gasteiger partial charge on any atom is -0.361 e. The third-order valence-electron chi connectivity index (χ3n) is 5.14. The molecule has 0 bridgehead atoms. The predicted molar refractivity (Wildman–Crippen MR) is 87.2 cm³/mol. The molecule has 122 valence electrons. The van der Waals surface area contributed by atoms with Crippen molar-refractivity contribution in [3.8, 4) is 0 Å². The Bertz CT molecular complexity index is 718. The van der Waals surface area contributed by atoms with Gasteiger partial charge in [0, 0.05) is 41.7 Å². The Morgan fingerprint density at radius 1 is 1.30 bits per heavy atom. The molecule has 0 unspecified atom stereocenters. The van der Waals surface area contributed by atoms with Crippen molar-refractivity contribution in [1.29, 1.82) is 0 Å². The van der Waals surface area contributed by atoms with E-state index in [1.165, 1.54) is 0 Å². The zero-order valence-corrected chi connectivity index (χ0v) is 13.4. The van der Waals surface area contributed by atoms with Crippen LogP contribution in [-0.2, 0) is 9.47 Å². The summed E-state index contributed by atoms with van der Waals surface area (Å²) in [6, 6.07) is 7.80. The highest BCUT2D eigenvalue weighted by Gasteiger charge is 2.42. The van der Waals surface area contributed by atoms with E-state index in [1.807, 2.05) is 42.3 Å². The van der Waals surface area contributed by atoms with Gasteiger partial charge < -0.3 is 19.4 Å². The van der Waals surface area contributed by atoms with E-state index in [2.05, 4.69) is 4.98 Å². The number of aromatic nitrogens is 1. The summed E-state index contributed by atoms with van der Waals surface area (Å²) in [4.78, 5) is 18.1. The highest BCUT2D eigenvalue weighted by atomic mass is 16.7. The van der Waals surface area contributed by atoms with Gasteiger partial charge in [-0.2, -0.15) is 0 Å². The number of nitrogens with zero attached hydrogens (tertiary/aromatic N) is 1. The number of ether oxygens (including phenoxy) is 2. The molecule has 0 radical (unpaired) electrons. The van der Waals surface area contributed by atoms with Crippen LogP contribution in [0.25, 0.3) is 10.9 Å². The van der Waals surface area contributed by atoms with Crippen LogP contribution in [0.4, 0.5) is 0 Å². The van der Waals surface area contributed by atoms with Crippen LogP contribution in [0.3, 0.4) is 0 Å². The van der Waals surface area contributed by atoms with E-state index >= 15 is 0 Å². The summed E-state index contributed by atoms with van der Waals surface area (Å²) < 4.78 is 11.6. The minimum atomic E-state index is -0.543. The Balaban J connectivity index is 1.57. The summed E-state index contributed by atoms with van der Waals surface area (Å²) in [5.41, 5.74) is 1.77. The van der Waals surface area contributed by atoms with Gasteiger partial charge in [-0.3, -0.25) is 4.79 Å². The van der Waals surface area contributed by atoms with Crippen LogP contribution >= 0.6 is 0 Å². The van der Waals surface area contributed by atoms with E-state index in [0.717, 1.165) is 35.9 Å². The van der Waals surface area contributed by atoms with E-state index in [0.29, 0.717) is 19.8 Å². The van der Waals surface area contributed by atoms with Crippen molar-refractivity contribution >= 4 is 16.8 Å². The molecular weight excluding hydrogens is 292 g/mol. The van der Waals surface area contributed by atoms with Crippen molar-refractivity contribution in [3.63, 3.8) is 0 Å². The molecule has 0 saturated carbocycles. The fraction of sp³-hybridized carbons (Fsp3) is 0.500. The predicted octanol–water partition coefficient (Wildman–Crippen LogP) is 2.78. The maximum atomic E-state index is 13.0. The molecule has 2 fully saturated rings. The second-order valence-electron chi connectivity index (χ2n) is 6.55. The lowest BCUT2D eigenvalue weighted by molar-refractivity contribution is -0.189. The number of carbonyl (C=O) groups excluding carboxylic acids is 1. The maximum absolute atomic E-state index is 13.0. The van der Waals surface area contributed by atoms with Crippen LogP contribution in [-0.4, -0.2) is 47.9 Å². The molecule has 2 aromatic rings. The van der Waals surface area contributed by atoms with Gasteiger partial charge in [0.25, 0.3) is 5.91 Å². The van der Waals surface area contributed by atoms with Crippen LogP contribution in [0.1, 0.15) is 30.1 Å². The normalized spacial score (nSPS) is 24.2. The Kier molecular flexibility index (Phi) is 3.62.